The van der Waals surface area contributed by atoms with E-state index >= 15 is 0 Å². The maximum atomic E-state index is 5.07. The van der Waals surface area contributed by atoms with Crippen molar-refractivity contribution in [3.63, 3.8) is 0 Å². The molecule has 39 heavy (non-hydrogen) atoms. The maximum absolute atomic E-state index is 5.07. The first-order valence-electron chi connectivity index (χ1n) is 11.7. The molecule has 0 aliphatic rings. The Balaban J connectivity index is 0.00000112. The zero-order valence-electron chi connectivity index (χ0n) is 20.3. The molecule has 0 spiro atoms. The van der Waals surface area contributed by atoms with Gasteiger partial charge in [0.1, 0.15) is 0 Å². The van der Waals surface area contributed by atoms with E-state index in [4.69, 9.17) is 35.2 Å². The molecule has 1 aromatic heterocycles. The van der Waals surface area contributed by atoms with E-state index in [1.165, 1.54) is 0 Å². The second-order valence-electron chi connectivity index (χ2n) is 8.06. The summed E-state index contributed by atoms with van der Waals surface area (Å²) in [7, 11) is 9.53. The van der Waals surface area contributed by atoms with Crippen LogP contribution in [0.15, 0.2) is 146 Å². The Morgan fingerprint density at radius 2 is 0.872 bits per heavy atom. The van der Waals surface area contributed by atoms with E-state index in [0.717, 1.165) is 54.3 Å². The number of halogens is 4. The molecule has 5 rings (SSSR count). The number of aromatic nitrogens is 1. The molecule has 0 aliphatic heterocycles. The molecule has 0 N–H and O–H groups in total. The molecule has 0 bridgehead atoms. The number of rotatable bonds is 6. The van der Waals surface area contributed by atoms with Crippen molar-refractivity contribution < 1.29 is 13.1 Å². The summed E-state index contributed by atoms with van der Waals surface area (Å²) >= 11 is 7.20. The van der Waals surface area contributed by atoms with Gasteiger partial charge in [-0.05, 0) is 60.7 Å². The van der Waals surface area contributed by atoms with E-state index in [9.17, 15) is 0 Å². The van der Waals surface area contributed by atoms with Gasteiger partial charge in [-0.15, -0.1) is 0 Å². The van der Waals surface area contributed by atoms with Gasteiger partial charge < -0.3 is 0 Å². The average Bonchev–Trinajstić information content (AvgIpc) is 2.98. The number of hydrogen-bond acceptors (Lipinski definition) is 3. The summed E-state index contributed by atoms with van der Waals surface area (Å²) in [4.78, 5) is 15.1. The van der Waals surface area contributed by atoms with Crippen LogP contribution in [-0.2, 0) is 13.1 Å². The van der Waals surface area contributed by atoms with Crippen LogP contribution in [0, 0.1) is 0 Å². The van der Waals surface area contributed by atoms with Crippen LogP contribution in [0.3, 0.4) is 0 Å². The zero-order valence-corrected chi connectivity index (χ0v) is 26.1. The third kappa shape index (κ3) is 8.71. The average molecular weight is 722 g/mol. The second kappa shape index (κ2) is 15.3. The van der Waals surface area contributed by atoms with Gasteiger partial charge in [-0.1, -0.05) is 98.6 Å². The molecule has 0 amide bonds. The Morgan fingerprint density at radius 3 is 1.23 bits per heavy atom. The predicted octanol–water partition coefficient (Wildman–Crippen LogP) is 10.3. The Bertz CT molecular complexity index is 1430. The number of aliphatic imine (C=N–C) groups is 2. The van der Waals surface area contributed by atoms with E-state index in [-0.39, 0.29) is 13.1 Å². The standard InChI is InChI=1S/C31H21Br2N3.2ClH.Fe/c32-24-14-18-26(19-15-24)34-30(22-8-3-1-4-9-22)28-12-7-13-29(36-28)31(23-10-5-2-6-11-23)35-27-20-16-25(33)17-21-27;;;/h1-21H;2*1H;/q;;;+2/p-2. The van der Waals surface area contributed by atoms with Crippen molar-refractivity contribution in [3.05, 3.63) is 159 Å². The van der Waals surface area contributed by atoms with Gasteiger partial charge in [-0.25, -0.2) is 15.0 Å². The normalized spacial score (nSPS) is 11.6. The van der Waals surface area contributed by atoms with Gasteiger partial charge in [-0.3, -0.25) is 0 Å². The molecule has 0 atom stereocenters. The van der Waals surface area contributed by atoms with E-state index < -0.39 is 0 Å². The molecule has 0 saturated heterocycles. The molecule has 0 aliphatic carbocycles. The van der Waals surface area contributed by atoms with Gasteiger partial charge in [0, 0.05) is 20.1 Å². The minimum absolute atomic E-state index is 0.194. The number of nitrogens with zero attached hydrogens (tertiary/aromatic N) is 3. The SMILES string of the molecule is Brc1ccc(N=C(c2ccccc2)c2cccc(C(=Nc3ccc(Br)cc3)c3ccccc3)n2)cc1.[Cl][Fe][Cl]. The summed E-state index contributed by atoms with van der Waals surface area (Å²) in [5, 5.41) is 0. The van der Waals surface area contributed by atoms with Crippen molar-refractivity contribution in [2.24, 2.45) is 9.98 Å². The van der Waals surface area contributed by atoms with Crippen LogP contribution in [0.5, 0.6) is 0 Å². The van der Waals surface area contributed by atoms with E-state index in [2.05, 4.69) is 56.1 Å². The summed E-state index contributed by atoms with van der Waals surface area (Å²) in [6, 6.07) is 42.2. The Labute approximate surface area is 259 Å². The molecule has 4 aromatic carbocycles. The molecule has 0 radical (unpaired) electrons. The summed E-state index contributed by atoms with van der Waals surface area (Å²) in [6.45, 7) is 0. The fraction of sp³-hybridized carbons (Fsp3) is 0. The molecular formula is C31H21Br2Cl2FeN3. The third-order valence-electron chi connectivity index (χ3n) is 5.46. The van der Waals surface area contributed by atoms with Crippen molar-refractivity contribution in [1.29, 1.82) is 0 Å². The molecule has 196 valence electrons. The van der Waals surface area contributed by atoms with Gasteiger partial charge in [0.15, 0.2) is 0 Å². The monoisotopic (exact) mass is 719 g/mol. The number of pyridine rings is 1. The third-order valence-corrected chi connectivity index (χ3v) is 6.52. The quantitative estimate of drug-likeness (QED) is 0.127. The van der Waals surface area contributed by atoms with Crippen molar-refractivity contribution >= 4 is 74.9 Å². The Hall–Kier alpha value is -2.57. The molecular weight excluding hydrogens is 701 g/mol. The van der Waals surface area contributed by atoms with Gasteiger partial charge >= 0.3 is 33.3 Å². The van der Waals surface area contributed by atoms with E-state index in [1.54, 1.807) is 0 Å². The summed E-state index contributed by atoms with van der Waals surface area (Å²) in [5.41, 5.74) is 6.87. The fourth-order valence-electron chi connectivity index (χ4n) is 3.72. The van der Waals surface area contributed by atoms with Crippen molar-refractivity contribution in [1.82, 2.24) is 4.98 Å². The van der Waals surface area contributed by atoms with Crippen molar-refractivity contribution in [2.45, 2.75) is 0 Å². The molecule has 3 nitrogen and oxygen atoms in total. The van der Waals surface area contributed by atoms with Gasteiger partial charge in [0.25, 0.3) is 0 Å². The molecule has 5 aromatic rings. The first-order chi connectivity index (χ1) is 19.1. The predicted molar refractivity (Wildman–Crippen MR) is 168 cm³/mol. The Morgan fingerprint density at radius 1 is 0.513 bits per heavy atom. The number of benzene rings is 4. The van der Waals surface area contributed by atoms with Crippen LogP contribution in [0.25, 0.3) is 0 Å². The van der Waals surface area contributed by atoms with Crippen LogP contribution in [0.1, 0.15) is 22.5 Å². The number of hydrogen-bond donors (Lipinski definition) is 0. The minimum atomic E-state index is 0.194. The van der Waals surface area contributed by atoms with Crippen molar-refractivity contribution in [3.8, 4) is 0 Å². The van der Waals surface area contributed by atoms with Crippen LogP contribution in [-0.4, -0.2) is 16.4 Å². The van der Waals surface area contributed by atoms with Crippen molar-refractivity contribution in [2.75, 3.05) is 0 Å². The van der Waals surface area contributed by atoms with Gasteiger partial charge in [0.2, 0.25) is 0 Å². The first kappa shape index (κ1) is 29.4. The van der Waals surface area contributed by atoms with E-state index in [0.29, 0.717) is 0 Å². The van der Waals surface area contributed by atoms with Crippen LogP contribution < -0.4 is 0 Å². The summed E-state index contributed by atoms with van der Waals surface area (Å²) in [6.07, 6.45) is 0. The van der Waals surface area contributed by atoms with Gasteiger partial charge in [0.05, 0.1) is 34.2 Å². The molecule has 8 heteroatoms. The van der Waals surface area contributed by atoms with E-state index in [1.807, 2.05) is 103 Å². The molecule has 0 fully saturated rings. The zero-order chi connectivity index (χ0) is 27.5. The Kier molecular flexibility index (Phi) is 11.5. The molecule has 0 saturated carbocycles. The van der Waals surface area contributed by atoms with Crippen LogP contribution in [0.4, 0.5) is 11.4 Å². The van der Waals surface area contributed by atoms with Gasteiger partial charge in [-0.2, -0.15) is 0 Å². The molecule has 0 unspecified atom stereocenters. The molecule has 1 heterocycles. The fourth-order valence-corrected chi connectivity index (χ4v) is 4.25. The first-order valence-corrected chi connectivity index (χ1v) is 16.3. The topological polar surface area (TPSA) is 37.6 Å². The van der Waals surface area contributed by atoms with Crippen LogP contribution in [0.2, 0.25) is 0 Å². The second-order valence-corrected chi connectivity index (χ2v) is 11.7. The summed E-state index contributed by atoms with van der Waals surface area (Å²) in [5.74, 6) is 0. The summed E-state index contributed by atoms with van der Waals surface area (Å²) < 4.78 is 2.03. The van der Waals surface area contributed by atoms with Crippen LogP contribution >= 0.6 is 52.1 Å².